The highest BCUT2D eigenvalue weighted by molar-refractivity contribution is 5.79. The van der Waals surface area contributed by atoms with Crippen molar-refractivity contribution >= 4 is 5.57 Å². The smallest absolute Gasteiger partial charge is 0.166 e. The molecule has 2 rings (SSSR count). The molecule has 78 valence electrons. The predicted octanol–water partition coefficient (Wildman–Crippen LogP) is 3.29. The highest BCUT2D eigenvalue weighted by Gasteiger charge is 2.35. The average molecular weight is 208 g/mol. The minimum absolute atomic E-state index is 0.915. The highest BCUT2D eigenvalue weighted by Crippen LogP contribution is 2.45. The van der Waals surface area contributed by atoms with E-state index in [1.165, 1.54) is 5.57 Å². The first-order chi connectivity index (χ1) is 7.71. The van der Waals surface area contributed by atoms with E-state index in [2.05, 4.69) is 12.1 Å². The largest absolute Gasteiger partial charge is 0.196 e. The van der Waals surface area contributed by atoms with Gasteiger partial charge in [-0.05, 0) is 30.9 Å². The van der Waals surface area contributed by atoms with E-state index < -0.39 is 5.41 Å². The maximum atomic E-state index is 9.19. The fourth-order valence-electron chi connectivity index (χ4n) is 1.90. The van der Waals surface area contributed by atoms with E-state index in [1.54, 1.807) is 6.92 Å². The molecule has 16 heavy (non-hydrogen) atoms. The van der Waals surface area contributed by atoms with Gasteiger partial charge in [-0.15, -0.1) is 0 Å². The zero-order valence-electron chi connectivity index (χ0n) is 9.20. The minimum atomic E-state index is -1.02. The molecule has 0 N–H and O–H groups in total. The summed E-state index contributed by atoms with van der Waals surface area (Å²) in [5.41, 5.74) is 2.14. The number of benzene rings is 1. The molecule has 2 heteroatoms. The predicted molar refractivity (Wildman–Crippen MR) is 61.9 cm³/mol. The molecule has 0 radical (unpaired) electrons. The van der Waals surface area contributed by atoms with E-state index >= 15 is 0 Å². The Labute approximate surface area is 95.4 Å². The summed E-state index contributed by atoms with van der Waals surface area (Å²) in [5, 5.41) is 18.4. The van der Waals surface area contributed by atoms with Gasteiger partial charge in [-0.3, -0.25) is 0 Å². The lowest BCUT2D eigenvalue weighted by Gasteiger charge is -2.17. The van der Waals surface area contributed by atoms with Crippen molar-refractivity contribution in [2.75, 3.05) is 0 Å². The summed E-state index contributed by atoms with van der Waals surface area (Å²) >= 11 is 0. The van der Waals surface area contributed by atoms with Crippen LogP contribution in [0.3, 0.4) is 0 Å². The summed E-state index contributed by atoms with van der Waals surface area (Å²) in [5.74, 6) is 0. The Kier molecular flexibility index (Phi) is 2.50. The Bertz CT molecular complexity index is 492. The van der Waals surface area contributed by atoms with Crippen LogP contribution in [-0.2, 0) is 0 Å². The molecule has 1 aliphatic carbocycles. The fourth-order valence-corrected chi connectivity index (χ4v) is 1.90. The normalized spacial score (nSPS) is 13.8. The van der Waals surface area contributed by atoms with E-state index in [0.717, 1.165) is 24.0 Å². The van der Waals surface area contributed by atoms with Crippen LogP contribution in [-0.4, -0.2) is 0 Å². The second-order valence-corrected chi connectivity index (χ2v) is 4.19. The van der Waals surface area contributed by atoms with Crippen LogP contribution in [0.2, 0.25) is 0 Å². The van der Waals surface area contributed by atoms with Gasteiger partial charge in [0.2, 0.25) is 0 Å². The molecule has 0 heterocycles. The summed E-state index contributed by atoms with van der Waals surface area (Å²) < 4.78 is 0. The van der Waals surface area contributed by atoms with E-state index in [4.69, 9.17) is 0 Å². The number of rotatable bonds is 2. The van der Waals surface area contributed by atoms with Gasteiger partial charge in [0.1, 0.15) is 0 Å². The summed E-state index contributed by atoms with van der Waals surface area (Å²) in [6.07, 6.45) is 2.03. The Morgan fingerprint density at radius 2 is 1.69 bits per heavy atom. The summed E-state index contributed by atoms with van der Waals surface area (Å²) in [4.78, 5) is 0. The SMILES string of the molecule is CC(C#N)(C#N)C(=C1CC1)c1ccccc1. The van der Waals surface area contributed by atoms with Gasteiger partial charge in [0.25, 0.3) is 0 Å². The molecule has 0 bridgehead atoms. The molecule has 0 aromatic heterocycles. The van der Waals surface area contributed by atoms with Gasteiger partial charge >= 0.3 is 0 Å². The molecular formula is C14H12N2. The quantitative estimate of drug-likeness (QED) is 0.748. The second kappa shape index (κ2) is 3.83. The first kappa shape index (κ1) is 10.5. The van der Waals surface area contributed by atoms with Gasteiger partial charge in [-0.25, -0.2) is 0 Å². The second-order valence-electron chi connectivity index (χ2n) is 4.19. The lowest BCUT2D eigenvalue weighted by molar-refractivity contribution is 0.776. The summed E-state index contributed by atoms with van der Waals surface area (Å²) in [6.45, 7) is 1.70. The van der Waals surface area contributed by atoms with Crippen LogP contribution in [0.15, 0.2) is 35.9 Å². The molecule has 0 saturated heterocycles. The van der Waals surface area contributed by atoms with Crippen LogP contribution < -0.4 is 0 Å². The van der Waals surface area contributed by atoms with Crippen molar-refractivity contribution < 1.29 is 0 Å². The van der Waals surface area contributed by atoms with Crippen molar-refractivity contribution in [1.82, 2.24) is 0 Å². The van der Waals surface area contributed by atoms with Crippen molar-refractivity contribution in [2.24, 2.45) is 5.41 Å². The Balaban J connectivity index is 2.56. The van der Waals surface area contributed by atoms with Gasteiger partial charge < -0.3 is 0 Å². The zero-order chi connectivity index (χ0) is 11.6. The van der Waals surface area contributed by atoms with E-state index in [0.29, 0.717) is 0 Å². The minimum Gasteiger partial charge on any atom is -0.196 e. The monoisotopic (exact) mass is 208 g/mol. The lowest BCUT2D eigenvalue weighted by Crippen LogP contribution is -2.13. The molecule has 1 saturated carbocycles. The third-order valence-electron chi connectivity index (χ3n) is 2.86. The Hall–Kier alpha value is -2.06. The van der Waals surface area contributed by atoms with Crippen LogP contribution in [0, 0.1) is 28.1 Å². The van der Waals surface area contributed by atoms with Crippen molar-refractivity contribution in [3.05, 3.63) is 41.5 Å². The highest BCUT2D eigenvalue weighted by atomic mass is 14.4. The molecule has 0 aliphatic heterocycles. The third-order valence-corrected chi connectivity index (χ3v) is 2.86. The van der Waals surface area contributed by atoms with Crippen LogP contribution in [0.1, 0.15) is 25.3 Å². The van der Waals surface area contributed by atoms with Gasteiger partial charge in [0.05, 0.1) is 12.1 Å². The van der Waals surface area contributed by atoms with E-state index in [-0.39, 0.29) is 0 Å². The molecule has 1 fully saturated rings. The van der Waals surface area contributed by atoms with E-state index in [1.807, 2.05) is 30.3 Å². The number of nitrogens with zero attached hydrogens (tertiary/aromatic N) is 2. The molecule has 0 unspecified atom stereocenters. The standard InChI is InChI=1S/C14H12N2/c1-14(9-15,10-16)13(12-7-8-12)11-5-3-2-4-6-11/h2-6H,7-8H2,1H3. The molecular weight excluding hydrogens is 196 g/mol. The molecule has 0 atom stereocenters. The van der Waals surface area contributed by atoms with Gasteiger partial charge in [0, 0.05) is 0 Å². The van der Waals surface area contributed by atoms with Crippen LogP contribution >= 0.6 is 0 Å². The number of hydrogen-bond donors (Lipinski definition) is 0. The van der Waals surface area contributed by atoms with E-state index in [9.17, 15) is 10.5 Å². The molecule has 1 aromatic carbocycles. The first-order valence-electron chi connectivity index (χ1n) is 5.32. The van der Waals surface area contributed by atoms with Crippen LogP contribution in [0.4, 0.5) is 0 Å². The van der Waals surface area contributed by atoms with Crippen molar-refractivity contribution in [3.63, 3.8) is 0 Å². The third kappa shape index (κ3) is 1.71. The average Bonchev–Trinajstić information content (AvgIpc) is 3.15. The van der Waals surface area contributed by atoms with Crippen molar-refractivity contribution in [2.45, 2.75) is 19.8 Å². The molecule has 1 aliphatic rings. The maximum Gasteiger partial charge on any atom is 0.166 e. The van der Waals surface area contributed by atoms with Gasteiger partial charge in [0.15, 0.2) is 5.41 Å². The number of nitriles is 2. The molecule has 1 aromatic rings. The van der Waals surface area contributed by atoms with Gasteiger partial charge in [-0.1, -0.05) is 35.9 Å². The molecule has 2 nitrogen and oxygen atoms in total. The van der Waals surface area contributed by atoms with Crippen molar-refractivity contribution in [1.29, 1.82) is 10.5 Å². The summed E-state index contributed by atoms with van der Waals surface area (Å²) in [7, 11) is 0. The fraction of sp³-hybridized carbons (Fsp3) is 0.286. The van der Waals surface area contributed by atoms with Gasteiger partial charge in [-0.2, -0.15) is 10.5 Å². The molecule has 0 amide bonds. The lowest BCUT2D eigenvalue weighted by atomic mass is 9.80. The first-order valence-corrected chi connectivity index (χ1v) is 5.32. The Morgan fingerprint density at radius 1 is 1.12 bits per heavy atom. The number of hydrogen-bond acceptors (Lipinski definition) is 2. The maximum absolute atomic E-state index is 9.19. The van der Waals surface area contributed by atoms with Crippen molar-refractivity contribution in [3.8, 4) is 12.1 Å². The number of allylic oxidation sites excluding steroid dienone is 2. The summed E-state index contributed by atoms with van der Waals surface area (Å²) in [6, 6.07) is 14.0. The topological polar surface area (TPSA) is 47.6 Å². The zero-order valence-corrected chi connectivity index (χ0v) is 9.20. The Morgan fingerprint density at radius 3 is 2.12 bits per heavy atom. The van der Waals surface area contributed by atoms with Crippen LogP contribution in [0.5, 0.6) is 0 Å². The molecule has 0 spiro atoms. The van der Waals surface area contributed by atoms with Crippen LogP contribution in [0.25, 0.3) is 5.57 Å².